The van der Waals surface area contributed by atoms with Crippen molar-refractivity contribution in [2.24, 2.45) is 0 Å². The van der Waals surface area contributed by atoms with Gasteiger partial charge in [0.25, 0.3) is 0 Å². The zero-order valence-corrected chi connectivity index (χ0v) is 11.8. The minimum Gasteiger partial charge on any atom is -0.497 e. The van der Waals surface area contributed by atoms with Crippen molar-refractivity contribution in [2.45, 2.75) is 24.8 Å². The number of hydrogen-bond acceptors (Lipinski definition) is 4. The Labute approximate surface area is 109 Å². The van der Waals surface area contributed by atoms with Crippen LogP contribution in [0.25, 0.3) is 0 Å². The van der Waals surface area contributed by atoms with E-state index in [1.807, 2.05) is 13.8 Å². The molecular weight excluding hydrogens is 252 g/mol. The number of benzene rings is 1. The van der Waals surface area contributed by atoms with Crippen LogP contribution in [0.2, 0.25) is 0 Å². The molecule has 0 radical (unpaired) electrons. The monoisotopic (exact) mass is 272 g/mol. The van der Waals surface area contributed by atoms with Gasteiger partial charge in [-0.05, 0) is 37.7 Å². The van der Waals surface area contributed by atoms with E-state index in [2.05, 4.69) is 10.0 Å². The van der Waals surface area contributed by atoms with E-state index in [-0.39, 0.29) is 10.9 Å². The van der Waals surface area contributed by atoms with Crippen molar-refractivity contribution >= 4 is 10.0 Å². The number of sulfonamides is 1. The normalized spacial score (nSPS) is 13.3. The Morgan fingerprint density at radius 1 is 1.28 bits per heavy atom. The van der Waals surface area contributed by atoms with Gasteiger partial charge in [-0.3, -0.25) is 0 Å². The molecule has 0 aliphatic carbocycles. The van der Waals surface area contributed by atoms with Gasteiger partial charge in [0.2, 0.25) is 10.0 Å². The maximum Gasteiger partial charge on any atom is 0.240 e. The first-order chi connectivity index (χ1) is 8.49. The fraction of sp³-hybridized carbons (Fsp3) is 0.500. The molecule has 0 bridgehead atoms. The van der Waals surface area contributed by atoms with E-state index in [1.165, 1.54) is 12.1 Å². The highest BCUT2D eigenvalue weighted by atomic mass is 32.2. The van der Waals surface area contributed by atoms with Crippen LogP contribution in [0.4, 0.5) is 0 Å². The van der Waals surface area contributed by atoms with Crippen LogP contribution in [-0.2, 0) is 10.0 Å². The number of methoxy groups -OCH3 is 1. The zero-order chi connectivity index (χ0) is 13.6. The lowest BCUT2D eigenvalue weighted by Crippen LogP contribution is -2.38. The van der Waals surface area contributed by atoms with Crippen molar-refractivity contribution in [3.05, 3.63) is 24.3 Å². The van der Waals surface area contributed by atoms with Crippen LogP contribution in [0.1, 0.15) is 13.8 Å². The zero-order valence-electron chi connectivity index (χ0n) is 10.9. The quantitative estimate of drug-likeness (QED) is 0.776. The summed E-state index contributed by atoms with van der Waals surface area (Å²) in [5.74, 6) is 0.634. The molecule has 0 aromatic heterocycles. The van der Waals surface area contributed by atoms with E-state index in [0.29, 0.717) is 12.3 Å². The largest absolute Gasteiger partial charge is 0.497 e. The Morgan fingerprint density at radius 2 is 1.89 bits per heavy atom. The summed E-state index contributed by atoms with van der Waals surface area (Å²) in [4.78, 5) is 0.243. The summed E-state index contributed by atoms with van der Waals surface area (Å²) in [6.07, 6.45) is 0. The first-order valence-corrected chi connectivity index (χ1v) is 7.35. The molecule has 0 amide bonds. The minimum atomic E-state index is -3.44. The van der Waals surface area contributed by atoms with Gasteiger partial charge >= 0.3 is 0 Å². The van der Waals surface area contributed by atoms with Crippen LogP contribution >= 0.6 is 0 Å². The number of ether oxygens (including phenoxy) is 1. The van der Waals surface area contributed by atoms with Gasteiger partial charge in [0.05, 0.1) is 12.0 Å². The van der Waals surface area contributed by atoms with E-state index in [4.69, 9.17) is 4.74 Å². The maximum absolute atomic E-state index is 12.0. The molecule has 1 aromatic rings. The van der Waals surface area contributed by atoms with Gasteiger partial charge in [0.1, 0.15) is 5.75 Å². The molecule has 5 nitrogen and oxygen atoms in total. The van der Waals surface area contributed by atoms with Crippen LogP contribution in [-0.4, -0.2) is 34.7 Å². The van der Waals surface area contributed by atoms with Crippen LogP contribution < -0.4 is 14.8 Å². The van der Waals surface area contributed by atoms with E-state index in [9.17, 15) is 8.42 Å². The van der Waals surface area contributed by atoms with Crippen LogP contribution in [0.5, 0.6) is 5.75 Å². The molecule has 1 aromatic carbocycles. The molecule has 1 rings (SSSR count). The van der Waals surface area contributed by atoms with Crippen molar-refractivity contribution in [1.82, 2.24) is 10.0 Å². The van der Waals surface area contributed by atoms with Gasteiger partial charge in [-0.25, -0.2) is 13.1 Å². The summed E-state index contributed by atoms with van der Waals surface area (Å²) < 4.78 is 31.5. The average molecular weight is 272 g/mol. The Bertz CT molecular complexity index is 457. The maximum atomic E-state index is 12.0. The molecule has 18 heavy (non-hydrogen) atoms. The minimum absolute atomic E-state index is 0.100. The Balaban J connectivity index is 2.67. The Kier molecular flexibility index (Phi) is 5.58. The van der Waals surface area contributed by atoms with Gasteiger partial charge in [-0.15, -0.1) is 0 Å². The van der Waals surface area contributed by atoms with Crippen LogP contribution in [0, 0.1) is 0 Å². The average Bonchev–Trinajstić information content (AvgIpc) is 2.37. The van der Waals surface area contributed by atoms with Crippen molar-refractivity contribution in [3.63, 3.8) is 0 Å². The highest BCUT2D eigenvalue weighted by molar-refractivity contribution is 7.89. The molecule has 1 atom stereocenters. The highest BCUT2D eigenvalue weighted by Crippen LogP contribution is 2.15. The Hall–Kier alpha value is -1.11. The van der Waals surface area contributed by atoms with E-state index in [0.717, 1.165) is 6.54 Å². The second-order valence-corrected chi connectivity index (χ2v) is 5.75. The molecule has 0 aliphatic heterocycles. The molecule has 0 spiro atoms. The second kappa shape index (κ2) is 6.72. The first-order valence-electron chi connectivity index (χ1n) is 5.86. The lowest BCUT2D eigenvalue weighted by Gasteiger charge is -2.13. The highest BCUT2D eigenvalue weighted by Gasteiger charge is 2.14. The lowest BCUT2D eigenvalue weighted by molar-refractivity contribution is 0.414. The van der Waals surface area contributed by atoms with E-state index >= 15 is 0 Å². The molecule has 2 N–H and O–H groups in total. The molecule has 0 aliphatic rings. The van der Waals surface area contributed by atoms with Gasteiger partial charge in [0, 0.05) is 12.6 Å². The number of hydrogen-bond donors (Lipinski definition) is 2. The molecule has 0 heterocycles. The molecule has 0 saturated carbocycles. The fourth-order valence-corrected chi connectivity index (χ4v) is 2.62. The summed E-state index contributed by atoms with van der Waals surface area (Å²) in [7, 11) is -1.90. The lowest BCUT2D eigenvalue weighted by atomic mass is 10.3. The molecule has 0 fully saturated rings. The molecule has 0 saturated heterocycles. The summed E-state index contributed by atoms with van der Waals surface area (Å²) in [6, 6.07) is 6.41. The van der Waals surface area contributed by atoms with Gasteiger partial charge in [-0.1, -0.05) is 6.92 Å². The number of likely N-dealkylation sites (N-methyl/N-ethyl adjacent to an activating group) is 1. The second-order valence-electron chi connectivity index (χ2n) is 3.99. The number of rotatable bonds is 7. The van der Waals surface area contributed by atoms with Crippen molar-refractivity contribution in [1.29, 1.82) is 0 Å². The molecular formula is C12H20N2O3S. The first kappa shape index (κ1) is 14.9. The predicted octanol–water partition coefficient (Wildman–Crippen LogP) is 0.972. The third-order valence-corrected chi connectivity index (χ3v) is 3.94. The standard InChI is InChI=1S/C12H20N2O3S/c1-4-13-10(2)9-14-18(15,16)12-7-5-11(17-3)6-8-12/h5-8,10,13-14H,4,9H2,1-3H3/t10-/m1/s1. The van der Waals surface area contributed by atoms with Gasteiger partial charge < -0.3 is 10.1 Å². The van der Waals surface area contributed by atoms with Crippen LogP contribution in [0.3, 0.4) is 0 Å². The van der Waals surface area contributed by atoms with Crippen molar-refractivity contribution in [3.8, 4) is 5.75 Å². The van der Waals surface area contributed by atoms with E-state index in [1.54, 1.807) is 19.2 Å². The summed E-state index contributed by atoms with van der Waals surface area (Å²) in [5.41, 5.74) is 0. The number of nitrogens with one attached hydrogen (secondary N) is 2. The summed E-state index contributed by atoms with van der Waals surface area (Å²) >= 11 is 0. The predicted molar refractivity (Wildman–Crippen MR) is 71.3 cm³/mol. The SMILES string of the molecule is CCN[C@H](C)CNS(=O)(=O)c1ccc(OC)cc1. The van der Waals surface area contributed by atoms with E-state index < -0.39 is 10.0 Å². The van der Waals surface area contributed by atoms with Crippen molar-refractivity contribution < 1.29 is 13.2 Å². The summed E-state index contributed by atoms with van der Waals surface area (Å²) in [6.45, 7) is 5.09. The summed E-state index contributed by atoms with van der Waals surface area (Å²) in [5, 5.41) is 3.14. The van der Waals surface area contributed by atoms with Crippen molar-refractivity contribution in [2.75, 3.05) is 20.2 Å². The van der Waals surface area contributed by atoms with Gasteiger partial charge in [0.15, 0.2) is 0 Å². The molecule has 102 valence electrons. The van der Waals surface area contributed by atoms with Gasteiger partial charge in [-0.2, -0.15) is 0 Å². The topological polar surface area (TPSA) is 67.4 Å². The third kappa shape index (κ3) is 4.29. The van der Waals surface area contributed by atoms with Crippen LogP contribution in [0.15, 0.2) is 29.2 Å². The molecule has 6 heteroatoms. The smallest absolute Gasteiger partial charge is 0.240 e. The Morgan fingerprint density at radius 3 is 2.39 bits per heavy atom. The molecule has 0 unspecified atom stereocenters. The third-order valence-electron chi connectivity index (χ3n) is 2.50. The fourth-order valence-electron chi connectivity index (χ4n) is 1.49.